The molecule has 3 N–H and O–H groups in total. The molecule has 0 bridgehead atoms. The van der Waals surface area contributed by atoms with E-state index in [4.69, 9.17) is 24.5 Å². The van der Waals surface area contributed by atoms with Crippen molar-refractivity contribution >= 4 is 17.6 Å². The summed E-state index contributed by atoms with van der Waals surface area (Å²) in [5.74, 6) is -3.65. The van der Waals surface area contributed by atoms with Gasteiger partial charge in [0.25, 0.3) is 0 Å². The third-order valence-electron chi connectivity index (χ3n) is 3.36. The second-order valence-corrected chi connectivity index (χ2v) is 5.44. The summed E-state index contributed by atoms with van der Waals surface area (Å²) in [6.07, 6.45) is 2.84. The van der Waals surface area contributed by atoms with Crippen LogP contribution in [0, 0.1) is 0 Å². The summed E-state index contributed by atoms with van der Waals surface area (Å²) < 4.78 is 5.57. The highest BCUT2D eigenvalue weighted by Crippen LogP contribution is 2.13. The molecule has 1 aliphatic heterocycles. The molecule has 1 unspecified atom stereocenters. The molecule has 1 aromatic carbocycles. The van der Waals surface area contributed by atoms with Gasteiger partial charge in [-0.25, -0.2) is 9.59 Å². The van der Waals surface area contributed by atoms with E-state index >= 15 is 0 Å². The van der Waals surface area contributed by atoms with Crippen LogP contribution in [0.25, 0.3) is 0 Å². The van der Waals surface area contributed by atoms with Gasteiger partial charge in [0.15, 0.2) is 0 Å². The van der Waals surface area contributed by atoms with Gasteiger partial charge in [-0.2, -0.15) is 0 Å². The average Bonchev–Trinajstić information content (AvgIpc) is 3.01. The summed E-state index contributed by atoms with van der Waals surface area (Å²) >= 11 is 0. The largest absolute Gasteiger partial charge is 0.473 e. The Morgan fingerprint density at radius 1 is 1.22 bits per heavy atom. The van der Waals surface area contributed by atoms with Gasteiger partial charge in [-0.1, -0.05) is 12.1 Å². The Balaban J connectivity index is 0.000000379. The van der Waals surface area contributed by atoms with E-state index in [1.165, 1.54) is 24.1 Å². The standard InChI is InChI=1S/C14H22N2O.C2H2O4/c1-16(2)13-7-5-12(6-8-13)10-15-11-14-4-3-9-17-14;3-1(4)2(5)6/h5-8,14-15H,3-4,9-11H2,1-2H3;(H,3,4)(H,5,6). The molecular weight excluding hydrogens is 300 g/mol. The normalized spacial score (nSPS) is 16.3. The van der Waals surface area contributed by atoms with E-state index in [1.54, 1.807) is 0 Å². The van der Waals surface area contributed by atoms with Gasteiger partial charge < -0.3 is 25.2 Å². The molecule has 0 spiro atoms. The fraction of sp³-hybridized carbons (Fsp3) is 0.500. The Bertz CT molecular complexity index is 484. The van der Waals surface area contributed by atoms with Crippen LogP contribution in [0.3, 0.4) is 0 Å². The van der Waals surface area contributed by atoms with Crippen LogP contribution in [0.2, 0.25) is 0 Å². The van der Waals surface area contributed by atoms with Crippen LogP contribution in [0.5, 0.6) is 0 Å². The number of aliphatic carboxylic acids is 2. The maximum atomic E-state index is 9.10. The molecule has 7 nitrogen and oxygen atoms in total. The number of carboxylic acid groups (broad SMARTS) is 2. The zero-order valence-corrected chi connectivity index (χ0v) is 13.5. The molecule has 2 rings (SSSR count). The van der Waals surface area contributed by atoms with Crippen LogP contribution in [0.15, 0.2) is 24.3 Å². The number of carboxylic acids is 2. The summed E-state index contributed by atoms with van der Waals surface area (Å²) in [6, 6.07) is 8.67. The highest BCUT2D eigenvalue weighted by molar-refractivity contribution is 6.27. The third-order valence-corrected chi connectivity index (χ3v) is 3.36. The van der Waals surface area contributed by atoms with Crippen molar-refractivity contribution in [1.29, 1.82) is 0 Å². The van der Waals surface area contributed by atoms with Crippen molar-refractivity contribution in [1.82, 2.24) is 5.32 Å². The maximum absolute atomic E-state index is 9.10. The molecule has 1 saturated heterocycles. The van der Waals surface area contributed by atoms with Crippen LogP contribution >= 0.6 is 0 Å². The molecule has 1 aromatic rings. The first-order valence-electron chi connectivity index (χ1n) is 7.45. The van der Waals surface area contributed by atoms with Gasteiger partial charge in [0, 0.05) is 39.5 Å². The van der Waals surface area contributed by atoms with Gasteiger partial charge in [-0.3, -0.25) is 0 Å². The lowest BCUT2D eigenvalue weighted by Crippen LogP contribution is -2.25. The number of ether oxygens (including phenoxy) is 1. The first-order valence-corrected chi connectivity index (χ1v) is 7.45. The van der Waals surface area contributed by atoms with Crippen LogP contribution < -0.4 is 10.2 Å². The van der Waals surface area contributed by atoms with Crippen molar-refractivity contribution in [2.24, 2.45) is 0 Å². The van der Waals surface area contributed by atoms with E-state index < -0.39 is 11.9 Å². The Kier molecular flexibility index (Phi) is 8.07. The van der Waals surface area contributed by atoms with Gasteiger partial charge >= 0.3 is 11.9 Å². The number of carbonyl (C=O) groups is 2. The van der Waals surface area contributed by atoms with E-state index in [0.717, 1.165) is 19.7 Å². The van der Waals surface area contributed by atoms with Crippen LogP contribution in [-0.2, 0) is 20.9 Å². The molecule has 1 aliphatic rings. The van der Waals surface area contributed by atoms with Crippen molar-refractivity contribution in [3.8, 4) is 0 Å². The monoisotopic (exact) mass is 324 g/mol. The first-order chi connectivity index (χ1) is 10.9. The van der Waals surface area contributed by atoms with E-state index in [1.807, 2.05) is 0 Å². The van der Waals surface area contributed by atoms with Gasteiger partial charge in [0.05, 0.1) is 6.10 Å². The highest BCUT2D eigenvalue weighted by Gasteiger charge is 2.14. The molecule has 1 fully saturated rings. The molecule has 0 radical (unpaired) electrons. The predicted octanol–water partition coefficient (Wildman–Crippen LogP) is 1.18. The number of hydrogen-bond acceptors (Lipinski definition) is 5. The third kappa shape index (κ3) is 7.62. The Morgan fingerprint density at radius 2 is 1.83 bits per heavy atom. The summed E-state index contributed by atoms with van der Waals surface area (Å²) in [6.45, 7) is 2.83. The lowest BCUT2D eigenvalue weighted by molar-refractivity contribution is -0.159. The molecule has 0 saturated carbocycles. The molecule has 23 heavy (non-hydrogen) atoms. The second kappa shape index (κ2) is 9.81. The zero-order chi connectivity index (χ0) is 17.2. The molecule has 0 aliphatic carbocycles. The number of rotatable bonds is 5. The number of hydrogen-bond donors (Lipinski definition) is 3. The molecule has 0 amide bonds. The highest BCUT2D eigenvalue weighted by atomic mass is 16.5. The summed E-state index contributed by atoms with van der Waals surface area (Å²) in [4.78, 5) is 20.3. The zero-order valence-electron chi connectivity index (χ0n) is 13.5. The minimum absolute atomic E-state index is 0.427. The Morgan fingerprint density at radius 3 is 2.26 bits per heavy atom. The van der Waals surface area contributed by atoms with Crippen molar-refractivity contribution < 1.29 is 24.5 Å². The molecule has 7 heteroatoms. The van der Waals surface area contributed by atoms with Crippen LogP contribution in [0.1, 0.15) is 18.4 Å². The summed E-state index contributed by atoms with van der Waals surface area (Å²) in [7, 11) is 4.12. The number of nitrogens with one attached hydrogen (secondary N) is 1. The summed E-state index contributed by atoms with van der Waals surface area (Å²) in [5.41, 5.74) is 2.57. The molecule has 128 valence electrons. The maximum Gasteiger partial charge on any atom is 0.414 e. The minimum Gasteiger partial charge on any atom is -0.473 e. The lowest BCUT2D eigenvalue weighted by Gasteiger charge is -2.14. The predicted molar refractivity (Wildman–Crippen MR) is 86.7 cm³/mol. The van der Waals surface area contributed by atoms with Crippen molar-refractivity contribution in [3.63, 3.8) is 0 Å². The molecular formula is C16H24N2O5. The SMILES string of the molecule is CN(C)c1ccc(CNCC2CCCO2)cc1.O=C(O)C(=O)O. The summed E-state index contributed by atoms with van der Waals surface area (Å²) in [5, 5.41) is 18.2. The van der Waals surface area contributed by atoms with E-state index in [2.05, 4.69) is 48.6 Å². The second-order valence-electron chi connectivity index (χ2n) is 5.44. The molecule has 0 aromatic heterocycles. The van der Waals surface area contributed by atoms with Crippen LogP contribution in [-0.4, -0.2) is 55.5 Å². The van der Waals surface area contributed by atoms with Gasteiger partial charge in [-0.15, -0.1) is 0 Å². The average molecular weight is 324 g/mol. The lowest BCUT2D eigenvalue weighted by atomic mass is 10.2. The minimum atomic E-state index is -1.82. The van der Waals surface area contributed by atoms with E-state index in [-0.39, 0.29) is 0 Å². The van der Waals surface area contributed by atoms with Crippen molar-refractivity contribution in [3.05, 3.63) is 29.8 Å². The fourth-order valence-electron chi connectivity index (χ4n) is 2.09. The number of nitrogens with zero attached hydrogens (tertiary/aromatic N) is 1. The van der Waals surface area contributed by atoms with Crippen molar-refractivity contribution in [2.75, 3.05) is 32.1 Å². The van der Waals surface area contributed by atoms with E-state index in [0.29, 0.717) is 6.10 Å². The topological polar surface area (TPSA) is 99.1 Å². The quantitative estimate of drug-likeness (QED) is 0.699. The Labute approximate surface area is 135 Å². The number of benzene rings is 1. The van der Waals surface area contributed by atoms with Crippen molar-refractivity contribution in [2.45, 2.75) is 25.5 Å². The number of anilines is 1. The first kappa shape index (κ1) is 18.9. The smallest absolute Gasteiger partial charge is 0.414 e. The fourth-order valence-corrected chi connectivity index (χ4v) is 2.09. The van der Waals surface area contributed by atoms with Gasteiger partial charge in [0.2, 0.25) is 0 Å². The molecule has 1 heterocycles. The Hall–Kier alpha value is -2.12. The van der Waals surface area contributed by atoms with Gasteiger partial charge in [0.1, 0.15) is 0 Å². The van der Waals surface area contributed by atoms with Gasteiger partial charge in [-0.05, 0) is 30.5 Å². The van der Waals surface area contributed by atoms with E-state index in [9.17, 15) is 0 Å². The molecule has 1 atom stereocenters. The van der Waals surface area contributed by atoms with Crippen LogP contribution in [0.4, 0.5) is 5.69 Å².